The van der Waals surface area contributed by atoms with E-state index < -0.39 is 5.41 Å². The first kappa shape index (κ1) is 28.7. The van der Waals surface area contributed by atoms with Gasteiger partial charge in [-0.3, -0.25) is 14.6 Å². The van der Waals surface area contributed by atoms with Crippen molar-refractivity contribution in [2.24, 2.45) is 0 Å². The molecule has 7 heteroatoms. The van der Waals surface area contributed by atoms with Crippen molar-refractivity contribution < 1.29 is 9.53 Å². The van der Waals surface area contributed by atoms with Crippen molar-refractivity contribution in [2.45, 2.75) is 38.8 Å². The van der Waals surface area contributed by atoms with Crippen molar-refractivity contribution >= 4 is 28.1 Å². The average molecular weight is 588 g/mol. The first-order valence-corrected chi connectivity index (χ1v) is 15.8. The Kier molecular flexibility index (Phi) is 7.45. The van der Waals surface area contributed by atoms with Gasteiger partial charge in [-0.15, -0.1) is 0 Å². The van der Waals surface area contributed by atoms with Gasteiger partial charge < -0.3 is 20.4 Å². The molecule has 7 rings (SSSR count). The molecule has 2 fully saturated rings. The first-order chi connectivity index (χ1) is 21.3. The fraction of sp³-hybridized carbons (Fsp3) is 0.378. The van der Waals surface area contributed by atoms with Crippen LogP contribution in [0, 0.1) is 11.8 Å². The summed E-state index contributed by atoms with van der Waals surface area (Å²) >= 11 is 0. The lowest BCUT2D eigenvalue weighted by Gasteiger charge is -2.43. The van der Waals surface area contributed by atoms with Gasteiger partial charge in [-0.25, -0.2) is 0 Å². The Labute approximate surface area is 260 Å². The van der Waals surface area contributed by atoms with E-state index in [4.69, 9.17) is 10.5 Å². The summed E-state index contributed by atoms with van der Waals surface area (Å²) in [6.45, 7) is 14.5. The highest BCUT2D eigenvalue weighted by Crippen LogP contribution is 2.45. The number of H-pyrrole nitrogens is 1. The minimum absolute atomic E-state index is 0.0500. The van der Waals surface area contributed by atoms with Crippen molar-refractivity contribution in [3.05, 3.63) is 94.2 Å². The molecule has 3 aromatic carbocycles. The monoisotopic (exact) mass is 587 g/mol. The number of nitrogens with zero attached hydrogens (tertiary/aromatic N) is 3. The van der Waals surface area contributed by atoms with Crippen LogP contribution in [0.3, 0.4) is 0 Å². The number of benzene rings is 3. The van der Waals surface area contributed by atoms with Crippen LogP contribution in [0.5, 0.6) is 0 Å². The van der Waals surface area contributed by atoms with Crippen molar-refractivity contribution in [1.29, 1.82) is 0 Å². The molecule has 0 bridgehead atoms. The predicted octanol–water partition coefficient (Wildman–Crippen LogP) is 5.01. The number of piperazine rings is 1. The molecule has 7 nitrogen and oxygen atoms in total. The van der Waals surface area contributed by atoms with E-state index in [1.807, 2.05) is 24.3 Å². The Bertz CT molecular complexity index is 1770. The minimum atomic E-state index is -0.396. The molecule has 1 aliphatic carbocycles. The summed E-state index contributed by atoms with van der Waals surface area (Å²) in [4.78, 5) is 25.2. The lowest BCUT2D eigenvalue weighted by Crippen LogP contribution is -2.56. The number of aromatic nitrogens is 1. The molecule has 0 amide bonds. The minimum Gasteiger partial charge on any atom is -0.399 e. The van der Waals surface area contributed by atoms with Crippen molar-refractivity contribution in [2.75, 3.05) is 63.1 Å². The van der Waals surface area contributed by atoms with Crippen molar-refractivity contribution in [1.82, 2.24) is 14.8 Å². The number of fused-ring (bicyclic) bond motifs is 4. The fourth-order valence-corrected chi connectivity index (χ4v) is 6.97. The maximum Gasteiger partial charge on any atom is 0.195 e. The van der Waals surface area contributed by atoms with Crippen LogP contribution in [0.4, 0.5) is 11.4 Å². The maximum absolute atomic E-state index is 14.2. The van der Waals surface area contributed by atoms with Crippen LogP contribution in [0.25, 0.3) is 10.9 Å². The highest BCUT2D eigenvalue weighted by molar-refractivity contribution is 6.20. The van der Waals surface area contributed by atoms with Crippen LogP contribution in [-0.2, 0) is 16.7 Å². The molecule has 0 unspecified atom stereocenters. The highest BCUT2D eigenvalue weighted by Gasteiger charge is 2.41. The largest absolute Gasteiger partial charge is 0.399 e. The summed E-state index contributed by atoms with van der Waals surface area (Å²) in [6.07, 6.45) is 0. The standard InChI is InChI=1S/C37H41N5O2/c1-4-40(22-25-9-6-5-7-10-25)14-8-11-26-19-30-31(21-33(26)42-17-15-41(16-18-42)28-23-44-24-28)37(2,3)36-34(35(30)43)29-13-12-27(38)20-32(29)39-36/h5-7,9-10,12-13,19-21,28,39H,4,14-18,22-24,38H2,1-3H3. The van der Waals surface area contributed by atoms with Gasteiger partial charge in [0.05, 0.1) is 37.1 Å². The van der Waals surface area contributed by atoms with Crippen LogP contribution < -0.4 is 10.6 Å². The molecule has 44 heavy (non-hydrogen) atoms. The second-order valence-electron chi connectivity index (χ2n) is 12.9. The van der Waals surface area contributed by atoms with Gasteiger partial charge in [-0.05, 0) is 41.9 Å². The van der Waals surface area contributed by atoms with E-state index in [-0.39, 0.29) is 5.78 Å². The second kappa shape index (κ2) is 11.4. The third kappa shape index (κ3) is 5.07. The lowest BCUT2D eigenvalue weighted by molar-refractivity contribution is -0.0660. The molecule has 226 valence electrons. The van der Waals surface area contributed by atoms with Crippen LogP contribution in [0.2, 0.25) is 0 Å². The number of hydrogen-bond donors (Lipinski definition) is 2. The zero-order chi connectivity index (χ0) is 30.4. The molecule has 4 aromatic rings. The van der Waals surface area contributed by atoms with E-state index in [2.05, 4.69) is 88.7 Å². The van der Waals surface area contributed by atoms with Crippen LogP contribution >= 0.6 is 0 Å². The Balaban J connectivity index is 1.26. The molecule has 0 atom stereocenters. The topological polar surface area (TPSA) is 77.8 Å². The summed E-state index contributed by atoms with van der Waals surface area (Å²) in [6, 6.07) is 21.2. The SMILES string of the molecule is CCN(CC#Cc1cc2c(cc1N1CCN(C3COC3)CC1)C(C)(C)c1[nH]c3cc(N)ccc3c1C2=O)Cc1ccccc1. The fourth-order valence-electron chi connectivity index (χ4n) is 6.97. The summed E-state index contributed by atoms with van der Waals surface area (Å²) in [5.74, 6) is 7.07. The van der Waals surface area contributed by atoms with Gasteiger partial charge in [0, 0.05) is 71.5 Å². The molecule has 3 heterocycles. The Morgan fingerprint density at radius 1 is 1.05 bits per heavy atom. The number of anilines is 2. The number of nitrogen functional groups attached to an aromatic ring is 1. The first-order valence-electron chi connectivity index (χ1n) is 15.8. The van der Waals surface area contributed by atoms with E-state index in [0.29, 0.717) is 18.3 Å². The lowest BCUT2D eigenvalue weighted by atomic mass is 9.70. The quantitative estimate of drug-likeness (QED) is 0.244. The number of nitrogens with one attached hydrogen (secondary N) is 1. The van der Waals surface area contributed by atoms with Gasteiger partial charge in [0.15, 0.2) is 5.78 Å². The van der Waals surface area contributed by atoms with Gasteiger partial charge in [0.1, 0.15) is 0 Å². The Hall–Kier alpha value is -4.09. The normalized spacial score (nSPS) is 18.1. The maximum atomic E-state index is 14.2. The van der Waals surface area contributed by atoms with Crippen molar-refractivity contribution in [3.8, 4) is 11.8 Å². The number of carbonyl (C=O) groups is 1. The Morgan fingerprint density at radius 3 is 2.52 bits per heavy atom. The van der Waals surface area contributed by atoms with E-state index in [1.165, 1.54) is 5.56 Å². The van der Waals surface area contributed by atoms with Crippen LogP contribution in [-0.4, -0.2) is 79.1 Å². The summed E-state index contributed by atoms with van der Waals surface area (Å²) in [5.41, 5.74) is 14.1. The molecule has 0 spiro atoms. The molecule has 3 aliphatic rings. The molecular formula is C37H41N5O2. The summed E-state index contributed by atoms with van der Waals surface area (Å²) < 4.78 is 5.46. The molecule has 3 N–H and O–H groups in total. The van der Waals surface area contributed by atoms with Gasteiger partial charge in [-0.1, -0.05) is 69.0 Å². The van der Waals surface area contributed by atoms with Gasteiger partial charge in [0.25, 0.3) is 0 Å². The zero-order valence-corrected chi connectivity index (χ0v) is 26.0. The third-order valence-electron chi connectivity index (χ3n) is 9.74. The number of aromatic amines is 1. The predicted molar refractivity (Wildman–Crippen MR) is 177 cm³/mol. The number of nitrogens with two attached hydrogens (primary N) is 1. The molecule has 0 radical (unpaired) electrons. The van der Waals surface area contributed by atoms with E-state index >= 15 is 0 Å². The number of rotatable bonds is 6. The van der Waals surface area contributed by atoms with Gasteiger partial charge in [0.2, 0.25) is 0 Å². The molecule has 1 aromatic heterocycles. The van der Waals surface area contributed by atoms with E-state index in [0.717, 1.165) is 97.0 Å². The van der Waals surface area contributed by atoms with Crippen LogP contribution in [0.1, 0.15) is 59.1 Å². The highest BCUT2D eigenvalue weighted by atomic mass is 16.5. The molecule has 2 aliphatic heterocycles. The summed E-state index contributed by atoms with van der Waals surface area (Å²) in [7, 11) is 0. The Morgan fingerprint density at radius 2 is 1.82 bits per heavy atom. The molecular weight excluding hydrogens is 546 g/mol. The second-order valence-corrected chi connectivity index (χ2v) is 12.9. The van der Waals surface area contributed by atoms with E-state index in [9.17, 15) is 4.79 Å². The number of ketones is 1. The van der Waals surface area contributed by atoms with Crippen LogP contribution in [0.15, 0.2) is 60.7 Å². The third-order valence-corrected chi connectivity index (χ3v) is 9.74. The molecule has 2 saturated heterocycles. The number of ether oxygens (including phenoxy) is 1. The van der Waals surface area contributed by atoms with Gasteiger partial charge in [-0.2, -0.15) is 0 Å². The van der Waals surface area contributed by atoms with E-state index in [1.54, 1.807) is 0 Å². The smallest absolute Gasteiger partial charge is 0.195 e. The zero-order valence-electron chi connectivity index (χ0n) is 26.0. The van der Waals surface area contributed by atoms with Gasteiger partial charge >= 0.3 is 0 Å². The summed E-state index contributed by atoms with van der Waals surface area (Å²) in [5, 5.41) is 0.922. The average Bonchev–Trinajstić information content (AvgIpc) is 3.39. The number of hydrogen-bond acceptors (Lipinski definition) is 6. The molecule has 0 saturated carbocycles. The van der Waals surface area contributed by atoms with Crippen molar-refractivity contribution in [3.63, 3.8) is 0 Å². The number of carbonyl (C=O) groups excluding carboxylic acids is 1.